The van der Waals surface area contributed by atoms with E-state index >= 15 is 0 Å². The van der Waals surface area contributed by atoms with E-state index in [9.17, 15) is 18.3 Å². The number of carbonyl (C=O) groups is 1. The third-order valence-corrected chi connectivity index (χ3v) is 6.72. The molecular weight excluding hydrogens is 411 g/mol. The zero-order chi connectivity index (χ0) is 20.2. The largest absolute Gasteiger partial charge is 0.506 e. The highest BCUT2D eigenvalue weighted by Crippen LogP contribution is 2.28. The highest BCUT2D eigenvalue weighted by Gasteiger charge is 2.23. The van der Waals surface area contributed by atoms with E-state index in [-0.39, 0.29) is 22.8 Å². The molecule has 0 unspecified atom stereocenters. The molecular formula is C18H20Cl2N2O4S. The number of amides is 1. The Labute approximate surface area is 168 Å². The molecule has 0 aliphatic carbocycles. The van der Waals surface area contributed by atoms with E-state index in [0.717, 1.165) is 0 Å². The Morgan fingerprint density at radius 2 is 1.74 bits per heavy atom. The minimum atomic E-state index is -3.71. The number of anilines is 1. The van der Waals surface area contributed by atoms with Crippen LogP contribution in [0.25, 0.3) is 0 Å². The van der Waals surface area contributed by atoms with Crippen molar-refractivity contribution in [3.8, 4) is 5.75 Å². The lowest BCUT2D eigenvalue weighted by Gasteiger charge is -2.19. The molecule has 0 atom stereocenters. The van der Waals surface area contributed by atoms with Gasteiger partial charge < -0.3 is 10.4 Å². The van der Waals surface area contributed by atoms with Gasteiger partial charge in [0.15, 0.2) is 0 Å². The van der Waals surface area contributed by atoms with Crippen molar-refractivity contribution < 1.29 is 18.3 Å². The number of benzene rings is 2. The lowest BCUT2D eigenvalue weighted by atomic mass is 10.1. The lowest BCUT2D eigenvalue weighted by molar-refractivity contribution is -0.115. The molecule has 0 saturated carbocycles. The van der Waals surface area contributed by atoms with E-state index < -0.39 is 15.9 Å². The number of rotatable bonds is 7. The highest BCUT2D eigenvalue weighted by atomic mass is 35.5. The number of aromatic hydroxyl groups is 1. The van der Waals surface area contributed by atoms with E-state index in [1.54, 1.807) is 32.0 Å². The number of phenolic OH excluding ortho intramolecular Hbond substituents is 1. The van der Waals surface area contributed by atoms with Gasteiger partial charge in [0.25, 0.3) is 0 Å². The van der Waals surface area contributed by atoms with Gasteiger partial charge >= 0.3 is 0 Å². The molecule has 0 fully saturated rings. The van der Waals surface area contributed by atoms with E-state index in [2.05, 4.69) is 5.32 Å². The van der Waals surface area contributed by atoms with Crippen molar-refractivity contribution >= 4 is 44.8 Å². The van der Waals surface area contributed by atoms with Crippen molar-refractivity contribution in [2.75, 3.05) is 18.4 Å². The molecule has 0 aliphatic rings. The van der Waals surface area contributed by atoms with Gasteiger partial charge in [0.1, 0.15) is 5.75 Å². The van der Waals surface area contributed by atoms with Crippen molar-refractivity contribution in [2.24, 2.45) is 0 Å². The first-order valence-electron chi connectivity index (χ1n) is 8.26. The van der Waals surface area contributed by atoms with Crippen molar-refractivity contribution in [2.45, 2.75) is 25.2 Å². The summed E-state index contributed by atoms with van der Waals surface area (Å²) in [6.07, 6.45) is -0.0106. The zero-order valence-corrected chi connectivity index (χ0v) is 17.2. The molecule has 2 aromatic rings. The fourth-order valence-corrected chi connectivity index (χ4v) is 4.32. The molecule has 1 amide bonds. The number of hydrogen-bond acceptors (Lipinski definition) is 4. The normalized spacial score (nSPS) is 11.6. The summed E-state index contributed by atoms with van der Waals surface area (Å²) >= 11 is 11.8. The smallest absolute Gasteiger partial charge is 0.243 e. The fraction of sp³-hybridized carbons (Fsp3) is 0.278. The summed E-state index contributed by atoms with van der Waals surface area (Å²) in [4.78, 5) is 12.3. The molecule has 2 rings (SSSR count). The minimum absolute atomic E-state index is 0.00571. The zero-order valence-electron chi connectivity index (χ0n) is 14.9. The number of nitrogens with zero attached hydrogens (tertiary/aromatic N) is 1. The average molecular weight is 431 g/mol. The van der Waals surface area contributed by atoms with Gasteiger partial charge in [-0.2, -0.15) is 4.31 Å². The molecule has 0 saturated heterocycles. The number of nitrogens with one attached hydrogen (secondary N) is 1. The maximum atomic E-state index is 12.6. The van der Waals surface area contributed by atoms with Crippen LogP contribution in [0.5, 0.6) is 5.75 Å². The van der Waals surface area contributed by atoms with E-state index in [4.69, 9.17) is 23.2 Å². The number of halogens is 2. The number of phenols is 1. The second kappa shape index (κ2) is 8.93. The Balaban J connectivity index is 2.23. The second-order valence-corrected chi connectivity index (χ2v) is 8.49. The third-order valence-electron chi connectivity index (χ3n) is 3.93. The number of carbonyl (C=O) groups excluding carboxylic acids is 1. The molecule has 6 nitrogen and oxygen atoms in total. The van der Waals surface area contributed by atoms with Gasteiger partial charge in [-0.05, 0) is 35.9 Å². The minimum Gasteiger partial charge on any atom is -0.506 e. The standard InChI is InChI=1S/C18H20Cl2N2O4S/c1-3-22(4-2)27(25,26)13-6-8-17(23)16(11-13)21-18(24)10-12-5-7-14(19)15(20)9-12/h5-9,11,23H,3-4,10H2,1-2H3,(H,21,24). The van der Waals surface area contributed by atoms with Gasteiger partial charge in [-0.3, -0.25) is 4.79 Å². The molecule has 0 aromatic heterocycles. The highest BCUT2D eigenvalue weighted by molar-refractivity contribution is 7.89. The summed E-state index contributed by atoms with van der Waals surface area (Å²) in [5, 5.41) is 13.2. The molecule has 0 radical (unpaired) electrons. The quantitative estimate of drug-likeness (QED) is 0.651. The van der Waals surface area contributed by atoms with Crippen LogP contribution >= 0.6 is 23.2 Å². The summed E-state index contributed by atoms with van der Waals surface area (Å²) < 4.78 is 26.5. The summed E-state index contributed by atoms with van der Waals surface area (Å²) in [6.45, 7) is 4.11. The maximum absolute atomic E-state index is 12.6. The van der Waals surface area contributed by atoms with Crippen LogP contribution in [0.15, 0.2) is 41.3 Å². The summed E-state index contributed by atoms with van der Waals surface area (Å²) in [6, 6.07) is 8.61. The van der Waals surface area contributed by atoms with Crippen LogP contribution in [-0.4, -0.2) is 36.8 Å². The summed E-state index contributed by atoms with van der Waals surface area (Å²) in [7, 11) is -3.71. The molecule has 0 heterocycles. The molecule has 2 aromatic carbocycles. The van der Waals surface area contributed by atoms with Crippen LogP contribution in [0.4, 0.5) is 5.69 Å². The topological polar surface area (TPSA) is 86.7 Å². The van der Waals surface area contributed by atoms with Gasteiger partial charge in [0, 0.05) is 13.1 Å². The molecule has 146 valence electrons. The molecule has 2 N–H and O–H groups in total. The van der Waals surface area contributed by atoms with Crippen LogP contribution in [0.3, 0.4) is 0 Å². The summed E-state index contributed by atoms with van der Waals surface area (Å²) in [5.74, 6) is -0.655. The third kappa shape index (κ3) is 5.13. The number of hydrogen-bond donors (Lipinski definition) is 2. The Kier molecular flexibility index (Phi) is 7.11. The van der Waals surface area contributed by atoms with Crippen LogP contribution in [0, 0.1) is 0 Å². The fourth-order valence-electron chi connectivity index (χ4n) is 2.52. The monoisotopic (exact) mass is 430 g/mol. The Morgan fingerprint density at radius 3 is 2.33 bits per heavy atom. The van der Waals surface area contributed by atoms with E-state index in [1.165, 1.54) is 22.5 Å². The summed E-state index contributed by atoms with van der Waals surface area (Å²) in [5.41, 5.74) is 0.654. The lowest BCUT2D eigenvalue weighted by Crippen LogP contribution is -2.30. The van der Waals surface area contributed by atoms with Gasteiger partial charge in [-0.1, -0.05) is 43.1 Å². The second-order valence-electron chi connectivity index (χ2n) is 5.74. The SMILES string of the molecule is CCN(CC)S(=O)(=O)c1ccc(O)c(NC(=O)Cc2ccc(Cl)c(Cl)c2)c1. The average Bonchev–Trinajstić information content (AvgIpc) is 2.60. The van der Waals surface area contributed by atoms with Gasteiger partial charge in [-0.15, -0.1) is 0 Å². The predicted molar refractivity (Wildman–Crippen MR) is 107 cm³/mol. The van der Waals surface area contributed by atoms with Crippen LogP contribution in [0.2, 0.25) is 10.0 Å². The first kappa shape index (κ1) is 21.5. The Bertz CT molecular complexity index is 944. The van der Waals surface area contributed by atoms with Gasteiger partial charge in [0.05, 0.1) is 27.0 Å². The van der Waals surface area contributed by atoms with Crippen molar-refractivity contribution in [1.29, 1.82) is 0 Å². The number of sulfonamides is 1. The maximum Gasteiger partial charge on any atom is 0.243 e. The van der Waals surface area contributed by atoms with Crippen LogP contribution < -0.4 is 5.32 Å². The Hall–Kier alpha value is -1.80. The van der Waals surface area contributed by atoms with E-state index in [0.29, 0.717) is 28.7 Å². The van der Waals surface area contributed by atoms with E-state index in [1.807, 2.05) is 0 Å². The van der Waals surface area contributed by atoms with Crippen molar-refractivity contribution in [3.05, 3.63) is 52.0 Å². The van der Waals surface area contributed by atoms with Gasteiger partial charge in [-0.25, -0.2) is 8.42 Å². The van der Waals surface area contributed by atoms with Gasteiger partial charge in [0.2, 0.25) is 15.9 Å². The first-order valence-corrected chi connectivity index (χ1v) is 10.5. The van der Waals surface area contributed by atoms with Crippen molar-refractivity contribution in [3.63, 3.8) is 0 Å². The molecule has 0 bridgehead atoms. The Morgan fingerprint density at radius 1 is 1.07 bits per heavy atom. The molecule has 0 aliphatic heterocycles. The molecule has 9 heteroatoms. The first-order chi connectivity index (χ1) is 12.7. The van der Waals surface area contributed by atoms with Crippen molar-refractivity contribution in [1.82, 2.24) is 4.31 Å². The van der Waals surface area contributed by atoms with Crippen LogP contribution in [-0.2, 0) is 21.2 Å². The molecule has 27 heavy (non-hydrogen) atoms. The van der Waals surface area contributed by atoms with Crippen LogP contribution in [0.1, 0.15) is 19.4 Å². The molecule has 0 spiro atoms. The predicted octanol–water partition coefficient (Wildman–Crippen LogP) is 3.91.